The van der Waals surface area contributed by atoms with Crippen molar-refractivity contribution in [2.75, 3.05) is 32.0 Å². The van der Waals surface area contributed by atoms with Crippen LogP contribution in [0.4, 0.5) is 5.69 Å². The van der Waals surface area contributed by atoms with Gasteiger partial charge in [0.05, 0.1) is 0 Å². The predicted molar refractivity (Wildman–Crippen MR) is 99.7 cm³/mol. The topological polar surface area (TPSA) is 61.4 Å². The maximum absolute atomic E-state index is 12.5. The first-order chi connectivity index (χ1) is 11.0. The van der Waals surface area contributed by atoms with Crippen molar-refractivity contribution in [3.63, 3.8) is 0 Å². The van der Waals surface area contributed by atoms with Crippen molar-refractivity contribution in [3.8, 4) is 0 Å². The lowest BCUT2D eigenvalue weighted by Crippen LogP contribution is -2.40. The van der Waals surface area contributed by atoms with Crippen LogP contribution < -0.4 is 10.6 Å². The lowest BCUT2D eigenvalue weighted by atomic mass is 9.96. The van der Waals surface area contributed by atoms with Crippen molar-refractivity contribution >= 4 is 29.9 Å². The standard InChI is InChI=1S/C18H27N3O2.ClH/c1-13(2)17(22)20-16-6-4-15(5-7-16)18(23)21-10-8-14(9-11-21)12-19-3;/h4-7,13-14,19H,8-12H2,1-3H3,(H,20,22);1H. The maximum atomic E-state index is 12.5. The van der Waals surface area contributed by atoms with Crippen LogP contribution in [0.15, 0.2) is 24.3 Å². The van der Waals surface area contributed by atoms with E-state index in [2.05, 4.69) is 10.6 Å². The summed E-state index contributed by atoms with van der Waals surface area (Å²) >= 11 is 0. The number of nitrogens with one attached hydrogen (secondary N) is 2. The normalized spacial score (nSPS) is 15.1. The molecule has 1 aliphatic rings. The van der Waals surface area contributed by atoms with E-state index in [1.807, 2.05) is 25.8 Å². The number of rotatable bonds is 5. The molecule has 0 aliphatic carbocycles. The van der Waals surface area contributed by atoms with E-state index in [0.29, 0.717) is 11.5 Å². The predicted octanol–water partition coefficient (Wildman–Crippen LogP) is 2.77. The molecule has 6 heteroatoms. The third-order valence-electron chi connectivity index (χ3n) is 4.32. The van der Waals surface area contributed by atoms with Crippen molar-refractivity contribution in [1.82, 2.24) is 10.2 Å². The zero-order valence-electron chi connectivity index (χ0n) is 14.7. The van der Waals surface area contributed by atoms with Gasteiger partial charge in [-0.05, 0) is 56.6 Å². The van der Waals surface area contributed by atoms with E-state index in [1.54, 1.807) is 24.3 Å². The molecular formula is C18H28ClN3O2. The number of likely N-dealkylation sites (tertiary alicyclic amines) is 1. The quantitative estimate of drug-likeness (QED) is 0.855. The van der Waals surface area contributed by atoms with E-state index in [-0.39, 0.29) is 30.1 Å². The first kappa shape index (κ1) is 20.5. The zero-order valence-corrected chi connectivity index (χ0v) is 15.5. The zero-order chi connectivity index (χ0) is 16.8. The minimum absolute atomic E-state index is 0. The Bertz CT molecular complexity index is 538. The van der Waals surface area contributed by atoms with E-state index in [4.69, 9.17) is 0 Å². The third-order valence-corrected chi connectivity index (χ3v) is 4.32. The highest BCUT2D eigenvalue weighted by Gasteiger charge is 2.23. The largest absolute Gasteiger partial charge is 0.339 e. The molecule has 2 amide bonds. The first-order valence-electron chi connectivity index (χ1n) is 8.36. The summed E-state index contributed by atoms with van der Waals surface area (Å²) in [5, 5.41) is 6.04. The number of piperidine rings is 1. The molecule has 24 heavy (non-hydrogen) atoms. The van der Waals surface area contributed by atoms with E-state index < -0.39 is 0 Å². The Balaban J connectivity index is 0.00000288. The second-order valence-corrected chi connectivity index (χ2v) is 6.51. The van der Waals surface area contributed by atoms with Crippen molar-refractivity contribution in [1.29, 1.82) is 0 Å². The fraction of sp³-hybridized carbons (Fsp3) is 0.556. The molecular weight excluding hydrogens is 326 g/mol. The van der Waals surface area contributed by atoms with E-state index in [0.717, 1.165) is 38.2 Å². The second-order valence-electron chi connectivity index (χ2n) is 6.51. The van der Waals surface area contributed by atoms with Gasteiger partial charge in [-0.25, -0.2) is 0 Å². The summed E-state index contributed by atoms with van der Waals surface area (Å²) in [5.74, 6) is 0.665. The number of halogens is 1. The molecule has 2 N–H and O–H groups in total. The van der Waals surface area contributed by atoms with Gasteiger partial charge in [0, 0.05) is 30.3 Å². The van der Waals surface area contributed by atoms with Gasteiger partial charge < -0.3 is 15.5 Å². The summed E-state index contributed by atoms with van der Waals surface area (Å²) < 4.78 is 0. The summed E-state index contributed by atoms with van der Waals surface area (Å²) in [6.07, 6.45) is 2.10. The molecule has 0 saturated carbocycles. The van der Waals surface area contributed by atoms with Crippen molar-refractivity contribution in [3.05, 3.63) is 29.8 Å². The van der Waals surface area contributed by atoms with Crippen molar-refractivity contribution in [2.45, 2.75) is 26.7 Å². The lowest BCUT2D eigenvalue weighted by Gasteiger charge is -2.32. The molecule has 1 aliphatic heterocycles. The summed E-state index contributed by atoms with van der Waals surface area (Å²) in [7, 11) is 1.97. The van der Waals surface area contributed by atoms with E-state index in [9.17, 15) is 9.59 Å². The van der Waals surface area contributed by atoms with Gasteiger partial charge in [-0.15, -0.1) is 12.4 Å². The molecule has 2 rings (SSSR count). The Morgan fingerprint density at radius 1 is 1.17 bits per heavy atom. The van der Waals surface area contributed by atoms with Crippen LogP contribution in [0.3, 0.4) is 0 Å². The number of hydrogen-bond donors (Lipinski definition) is 2. The molecule has 5 nitrogen and oxygen atoms in total. The smallest absolute Gasteiger partial charge is 0.253 e. The number of anilines is 1. The fourth-order valence-electron chi connectivity index (χ4n) is 2.79. The number of benzene rings is 1. The van der Waals surface area contributed by atoms with Crippen molar-refractivity contribution in [2.24, 2.45) is 11.8 Å². The fourth-order valence-corrected chi connectivity index (χ4v) is 2.79. The average Bonchev–Trinajstić information content (AvgIpc) is 2.56. The van der Waals surface area contributed by atoms with Gasteiger partial charge in [-0.3, -0.25) is 9.59 Å². The summed E-state index contributed by atoms with van der Waals surface area (Å²) in [6, 6.07) is 7.17. The van der Waals surface area contributed by atoms with Gasteiger partial charge in [-0.1, -0.05) is 13.8 Å². The molecule has 1 aromatic carbocycles. The third kappa shape index (κ3) is 5.49. The Kier molecular flexibility index (Phi) is 8.22. The highest BCUT2D eigenvalue weighted by Crippen LogP contribution is 2.19. The number of carbonyl (C=O) groups is 2. The van der Waals surface area contributed by atoms with Crippen LogP contribution in [-0.2, 0) is 4.79 Å². The van der Waals surface area contributed by atoms with Crippen LogP contribution in [0.1, 0.15) is 37.0 Å². The monoisotopic (exact) mass is 353 g/mol. The summed E-state index contributed by atoms with van der Waals surface area (Å²) in [5.41, 5.74) is 1.41. The van der Waals surface area contributed by atoms with Gasteiger partial charge in [0.15, 0.2) is 0 Å². The average molecular weight is 354 g/mol. The van der Waals surface area contributed by atoms with Gasteiger partial charge in [-0.2, -0.15) is 0 Å². The summed E-state index contributed by atoms with van der Waals surface area (Å²) in [6.45, 7) is 6.36. The van der Waals surface area contributed by atoms with E-state index in [1.165, 1.54) is 0 Å². The van der Waals surface area contributed by atoms with E-state index >= 15 is 0 Å². The lowest BCUT2D eigenvalue weighted by molar-refractivity contribution is -0.118. The van der Waals surface area contributed by atoms with Crippen LogP contribution >= 0.6 is 12.4 Å². The Labute approximate surface area is 150 Å². The highest BCUT2D eigenvalue weighted by molar-refractivity contribution is 5.96. The molecule has 0 atom stereocenters. The molecule has 1 heterocycles. The van der Waals surface area contributed by atoms with Crippen LogP contribution in [0.5, 0.6) is 0 Å². The second kappa shape index (κ2) is 9.64. The SMILES string of the molecule is CNCC1CCN(C(=O)c2ccc(NC(=O)C(C)C)cc2)CC1.Cl. The molecule has 0 bridgehead atoms. The van der Waals surface area contributed by atoms with Crippen LogP contribution in [0.25, 0.3) is 0 Å². The van der Waals surface area contributed by atoms with Crippen molar-refractivity contribution < 1.29 is 9.59 Å². The van der Waals surface area contributed by atoms with Gasteiger partial charge in [0.25, 0.3) is 5.91 Å². The molecule has 0 radical (unpaired) electrons. The number of nitrogens with zero attached hydrogens (tertiary/aromatic N) is 1. The molecule has 1 aromatic rings. The Morgan fingerprint density at radius 3 is 2.25 bits per heavy atom. The molecule has 1 fully saturated rings. The van der Waals surface area contributed by atoms with Crippen LogP contribution in [0, 0.1) is 11.8 Å². The highest BCUT2D eigenvalue weighted by atomic mass is 35.5. The molecule has 0 unspecified atom stereocenters. The number of carbonyl (C=O) groups excluding carboxylic acids is 2. The molecule has 1 saturated heterocycles. The minimum Gasteiger partial charge on any atom is -0.339 e. The maximum Gasteiger partial charge on any atom is 0.253 e. The van der Waals surface area contributed by atoms with Gasteiger partial charge >= 0.3 is 0 Å². The van der Waals surface area contributed by atoms with Gasteiger partial charge in [0.1, 0.15) is 0 Å². The molecule has 0 aromatic heterocycles. The Hall–Kier alpha value is -1.59. The van der Waals surface area contributed by atoms with Crippen LogP contribution in [0.2, 0.25) is 0 Å². The summed E-state index contributed by atoms with van der Waals surface area (Å²) in [4.78, 5) is 26.1. The molecule has 134 valence electrons. The Morgan fingerprint density at radius 2 is 1.75 bits per heavy atom. The number of hydrogen-bond acceptors (Lipinski definition) is 3. The molecule has 0 spiro atoms. The van der Waals surface area contributed by atoms with Crippen LogP contribution in [-0.4, -0.2) is 43.4 Å². The first-order valence-corrected chi connectivity index (χ1v) is 8.36. The number of amides is 2. The van der Waals surface area contributed by atoms with Gasteiger partial charge in [0.2, 0.25) is 5.91 Å². The minimum atomic E-state index is -0.0600.